The Labute approximate surface area is 250 Å². The van der Waals surface area contributed by atoms with Crippen LogP contribution < -0.4 is 10.1 Å². The number of imidazole rings is 1. The van der Waals surface area contributed by atoms with E-state index in [2.05, 4.69) is 50.1 Å². The summed E-state index contributed by atoms with van der Waals surface area (Å²) in [6.07, 6.45) is 1.64. The number of aryl methyl sites for hydroxylation is 3. The molecule has 0 saturated carbocycles. The van der Waals surface area contributed by atoms with E-state index in [0.29, 0.717) is 33.9 Å². The molecule has 0 unspecified atom stereocenters. The van der Waals surface area contributed by atoms with Crippen LogP contribution in [0.25, 0.3) is 22.6 Å². The van der Waals surface area contributed by atoms with Gasteiger partial charge in [-0.1, -0.05) is 24.3 Å². The normalized spacial score (nSPS) is 14.2. The number of aromatic hydroxyl groups is 1. The highest BCUT2D eigenvalue weighted by Gasteiger charge is 2.18. The van der Waals surface area contributed by atoms with Gasteiger partial charge < -0.3 is 24.6 Å². The molecule has 10 nitrogen and oxygen atoms in total. The van der Waals surface area contributed by atoms with E-state index in [0.717, 1.165) is 49.5 Å². The summed E-state index contributed by atoms with van der Waals surface area (Å²) in [5, 5.41) is 13.0. The molecule has 2 aromatic heterocycles. The van der Waals surface area contributed by atoms with Crippen LogP contribution in [0.3, 0.4) is 0 Å². The molecule has 1 amide bonds. The molecule has 220 valence electrons. The van der Waals surface area contributed by atoms with Crippen LogP contribution in [-0.2, 0) is 13.6 Å². The molecule has 0 atom stereocenters. The topological polar surface area (TPSA) is 109 Å². The van der Waals surface area contributed by atoms with E-state index in [4.69, 9.17) is 4.74 Å². The second kappa shape index (κ2) is 11.8. The number of piperazine rings is 1. The first-order valence-corrected chi connectivity index (χ1v) is 14.3. The molecule has 3 aromatic carbocycles. The van der Waals surface area contributed by atoms with Crippen LogP contribution in [0.2, 0.25) is 0 Å². The molecule has 5 aromatic rings. The number of carbonyl (C=O) groups is 1. The third-order valence-electron chi connectivity index (χ3n) is 7.89. The number of aromatic nitrogens is 4. The number of nitrogens with one attached hydrogen (secondary N) is 1. The van der Waals surface area contributed by atoms with Gasteiger partial charge in [-0.2, -0.15) is 4.98 Å². The highest BCUT2D eigenvalue weighted by molar-refractivity contribution is 6.05. The zero-order chi connectivity index (χ0) is 30.1. The molecule has 1 saturated heterocycles. The van der Waals surface area contributed by atoms with Crippen molar-refractivity contribution in [2.45, 2.75) is 20.4 Å². The molecule has 0 bridgehead atoms. The van der Waals surface area contributed by atoms with E-state index >= 15 is 0 Å². The van der Waals surface area contributed by atoms with Gasteiger partial charge in [0.05, 0.1) is 6.33 Å². The van der Waals surface area contributed by atoms with Crippen molar-refractivity contribution in [1.29, 1.82) is 0 Å². The summed E-state index contributed by atoms with van der Waals surface area (Å²) in [7, 11) is 4.00. The van der Waals surface area contributed by atoms with Gasteiger partial charge in [0.1, 0.15) is 11.5 Å². The van der Waals surface area contributed by atoms with Crippen molar-refractivity contribution in [3.63, 3.8) is 0 Å². The smallest absolute Gasteiger partial charge is 0.256 e. The summed E-state index contributed by atoms with van der Waals surface area (Å²) >= 11 is 0. The van der Waals surface area contributed by atoms with Gasteiger partial charge >= 0.3 is 0 Å². The molecular formula is C33H35N7O3. The van der Waals surface area contributed by atoms with Crippen molar-refractivity contribution in [1.82, 2.24) is 29.3 Å². The van der Waals surface area contributed by atoms with Crippen molar-refractivity contribution in [2.75, 3.05) is 38.5 Å². The highest BCUT2D eigenvalue weighted by atomic mass is 16.5. The predicted octanol–water partition coefficient (Wildman–Crippen LogP) is 5.14. The standard InChI is InChI=1S/C33H35N7O3/c1-21-8-11-27(43-33-29-31(39(4)20-34-29)36-30(37-33)23-6-5-7-26(41)17-23)18-28(21)32(42)35-25-10-9-24(22(2)16-25)19-40-14-12-38(3)13-15-40/h5-11,16-18,20,41H,12-15,19H2,1-4H3,(H,35,42). The van der Waals surface area contributed by atoms with Crippen LogP contribution in [0.15, 0.2) is 67.0 Å². The van der Waals surface area contributed by atoms with E-state index in [1.165, 1.54) is 5.56 Å². The SMILES string of the molecule is Cc1cc(NC(=O)c2cc(Oc3nc(-c4cccc(O)c4)nc4c3ncn4C)ccc2C)ccc1CN1CCN(C)CC1. The number of benzene rings is 3. The average Bonchev–Trinajstić information content (AvgIpc) is 3.37. The van der Waals surface area contributed by atoms with Crippen molar-refractivity contribution in [2.24, 2.45) is 7.05 Å². The monoisotopic (exact) mass is 577 g/mol. The fraction of sp³-hybridized carbons (Fsp3) is 0.273. The maximum Gasteiger partial charge on any atom is 0.256 e. The minimum Gasteiger partial charge on any atom is -0.508 e. The molecule has 43 heavy (non-hydrogen) atoms. The van der Waals surface area contributed by atoms with Crippen molar-refractivity contribution >= 4 is 22.8 Å². The Morgan fingerprint density at radius 1 is 0.953 bits per heavy atom. The summed E-state index contributed by atoms with van der Waals surface area (Å²) in [4.78, 5) is 31.9. The number of nitrogens with zero attached hydrogens (tertiary/aromatic N) is 6. The average molecular weight is 578 g/mol. The van der Waals surface area contributed by atoms with Gasteiger partial charge in [-0.3, -0.25) is 9.69 Å². The van der Waals surface area contributed by atoms with Gasteiger partial charge in [0.25, 0.3) is 11.8 Å². The molecule has 1 aliphatic heterocycles. The quantitative estimate of drug-likeness (QED) is 0.274. The lowest BCUT2D eigenvalue weighted by Crippen LogP contribution is -2.43. The minimum atomic E-state index is -0.222. The zero-order valence-corrected chi connectivity index (χ0v) is 24.8. The Morgan fingerprint density at radius 2 is 1.77 bits per heavy atom. The van der Waals surface area contributed by atoms with Crippen LogP contribution >= 0.6 is 0 Å². The zero-order valence-electron chi connectivity index (χ0n) is 24.8. The highest BCUT2D eigenvalue weighted by Crippen LogP contribution is 2.31. The molecule has 0 radical (unpaired) electrons. The number of carbonyl (C=O) groups excluding carboxylic acids is 1. The molecule has 2 N–H and O–H groups in total. The summed E-state index contributed by atoms with van der Waals surface area (Å²) < 4.78 is 8.01. The number of anilines is 1. The summed E-state index contributed by atoms with van der Waals surface area (Å²) in [6, 6.07) is 18.2. The molecule has 1 aliphatic rings. The summed E-state index contributed by atoms with van der Waals surface area (Å²) in [5.74, 6) is 0.981. The molecular weight excluding hydrogens is 542 g/mol. The first-order chi connectivity index (χ1) is 20.7. The number of amides is 1. The first kappa shape index (κ1) is 28.3. The Balaban J connectivity index is 1.22. The maximum atomic E-state index is 13.4. The second-order valence-corrected chi connectivity index (χ2v) is 11.2. The number of ether oxygens (including phenoxy) is 1. The van der Waals surface area contributed by atoms with E-state index in [1.807, 2.05) is 38.2 Å². The number of hydrogen-bond donors (Lipinski definition) is 2. The van der Waals surface area contributed by atoms with E-state index in [9.17, 15) is 9.90 Å². The van der Waals surface area contributed by atoms with E-state index in [-0.39, 0.29) is 17.5 Å². The number of phenolic OH excluding ortho intramolecular Hbond substituents is 1. The summed E-state index contributed by atoms with van der Waals surface area (Å²) in [5.41, 5.74) is 6.19. The second-order valence-electron chi connectivity index (χ2n) is 11.2. The minimum absolute atomic E-state index is 0.114. The molecule has 0 aliphatic carbocycles. The van der Waals surface area contributed by atoms with Crippen LogP contribution in [0.4, 0.5) is 5.69 Å². The number of fused-ring (bicyclic) bond motifs is 1. The number of rotatable bonds is 7. The third kappa shape index (κ3) is 6.20. The van der Waals surface area contributed by atoms with Crippen molar-refractivity contribution < 1.29 is 14.6 Å². The third-order valence-corrected chi connectivity index (χ3v) is 7.89. The number of hydrogen-bond acceptors (Lipinski definition) is 8. The van der Waals surface area contributed by atoms with Gasteiger partial charge in [0.15, 0.2) is 17.0 Å². The molecule has 0 spiro atoms. The van der Waals surface area contributed by atoms with Gasteiger partial charge in [0, 0.05) is 56.6 Å². The first-order valence-electron chi connectivity index (χ1n) is 14.3. The maximum absolute atomic E-state index is 13.4. The fourth-order valence-electron chi connectivity index (χ4n) is 5.24. The molecule has 3 heterocycles. The summed E-state index contributed by atoms with van der Waals surface area (Å²) in [6.45, 7) is 9.17. The number of phenols is 1. The molecule has 6 rings (SSSR count). The molecule has 10 heteroatoms. The van der Waals surface area contributed by atoms with Gasteiger partial charge in [-0.05, 0) is 74.0 Å². The predicted molar refractivity (Wildman–Crippen MR) is 167 cm³/mol. The largest absolute Gasteiger partial charge is 0.508 e. The van der Waals surface area contributed by atoms with Crippen LogP contribution in [0.1, 0.15) is 27.0 Å². The van der Waals surface area contributed by atoms with Crippen molar-refractivity contribution in [3.05, 3.63) is 89.2 Å². The lowest BCUT2D eigenvalue weighted by atomic mass is 10.1. The fourth-order valence-corrected chi connectivity index (χ4v) is 5.24. The lowest BCUT2D eigenvalue weighted by molar-refractivity contribution is 0.102. The Kier molecular flexibility index (Phi) is 7.79. The lowest BCUT2D eigenvalue weighted by Gasteiger charge is -2.32. The Hall–Kier alpha value is -4.80. The van der Waals surface area contributed by atoms with Crippen molar-refractivity contribution in [3.8, 4) is 28.8 Å². The van der Waals surface area contributed by atoms with Crippen LogP contribution in [-0.4, -0.2) is 73.6 Å². The molecule has 1 fully saturated rings. The van der Waals surface area contributed by atoms with Crippen LogP contribution in [0, 0.1) is 13.8 Å². The van der Waals surface area contributed by atoms with Gasteiger partial charge in [0.2, 0.25) is 0 Å². The van der Waals surface area contributed by atoms with Gasteiger partial charge in [-0.25, -0.2) is 9.97 Å². The Morgan fingerprint density at radius 3 is 2.53 bits per heavy atom. The van der Waals surface area contributed by atoms with Gasteiger partial charge in [-0.15, -0.1) is 0 Å². The number of likely N-dealkylation sites (N-methyl/N-ethyl adjacent to an activating group) is 1. The van der Waals surface area contributed by atoms with Crippen LogP contribution in [0.5, 0.6) is 17.4 Å². The van der Waals surface area contributed by atoms with E-state index in [1.54, 1.807) is 41.2 Å². The van der Waals surface area contributed by atoms with E-state index < -0.39 is 0 Å². The Bertz CT molecular complexity index is 1810.